The highest BCUT2D eigenvalue weighted by molar-refractivity contribution is 6.30. The maximum absolute atomic E-state index is 5.92. The molecule has 2 nitrogen and oxygen atoms in total. The first-order valence-corrected chi connectivity index (χ1v) is 6.21. The summed E-state index contributed by atoms with van der Waals surface area (Å²) in [5, 5.41) is 4.28. The summed E-state index contributed by atoms with van der Waals surface area (Å²) in [5.74, 6) is 0. The van der Waals surface area contributed by atoms with E-state index in [1.165, 1.54) is 12.1 Å². The van der Waals surface area contributed by atoms with E-state index in [9.17, 15) is 0 Å². The normalized spacial score (nSPS) is 20.6. The van der Waals surface area contributed by atoms with Gasteiger partial charge in [0.2, 0.25) is 0 Å². The molecule has 0 aliphatic carbocycles. The fraction of sp³-hybridized carbons (Fsp3) is 0.538. The molecule has 0 amide bonds. The number of hydrogen-bond donors (Lipinski definition) is 1. The van der Waals surface area contributed by atoms with Crippen molar-refractivity contribution in [3.8, 4) is 0 Å². The molecule has 2 rings (SSSR count). The summed E-state index contributed by atoms with van der Waals surface area (Å²) in [4.78, 5) is 2.46. The van der Waals surface area contributed by atoms with Crippen molar-refractivity contribution in [3.63, 3.8) is 0 Å². The summed E-state index contributed by atoms with van der Waals surface area (Å²) >= 11 is 5.92. The maximum atomic E-state index is 5.92. The van der Waals surface area contributed by atoms with E-state index in [0.29, 0.717) is 0 Å². The first-order chi connectivity index (χ1) is 7.59. The van der Waals surface area contributed by atoms with Crippen LogP contribution in [0.2, 0.25) is 5.02 Å². The molecule has 0 bridgehead atoms. The second-order valence-corrected chi connectivity index (χ2v) is 5.41. The van der Waals surface area contributed by atoms with Crippen LogP contribution in [0, 0.1) is 0 Å². The molecule has 1 aromatic carbocycles. The number of halogens is 1. The van der Waals surface area contributed by atoms with Crippen molar-refractivity contribution in [1.82, 2.24) is 5.32 Å². The Balaban J connectivity index is 2.26. The number of nitrogens with zero attached hydrogens (tertiary/aromatic N) is 1. The SMILES string of the molecule is CC1(C)CNCCCN1c1ccc(Cl)cc1. The van der Waals surface area contributed by atoms with Gasteiger partial charge in [0, 0.05) is 29.3 Å². The molecule has 3 heteroatoms. The van der Waals surface area contributed by atoms with Crippen LogP contribution in [0.4, 0.5) is 5.69 Å². The molecule has 0 atom stereocenters. The molecule has 0 radical (unpaired) electrons. The van der Waals surface area contributed by atoms with Gasteiger partial charge >= 0.3 is 0 Å². The number of rotatable bonds is 1. The molecule has 1 N–H and O–H groups in total. The zero-order valence-electron chi connectivity index (χ0n) is 9.96. The lowest BCUT2D eigenvalue weighted by Gasteiger charge is -2.39. The number of anilines is 1. The highest BCUT2D eigenvalue weighted by Gasteiger charge is 2.28. The largest absolute Gasteiger partial charge is 0.365 e. The third-order valence-corrected chi connectivity index (χ3v) is 3.41. The molecule has 16 heavy (non-hydrogen) atoms. The van der Waals surface area contributed by atoms with Gasteiger partial charge in [-0.3, -0.25) is 0 Å². The lowest BCUT2D eigenvalue weighted by molar-refractivity contribution is 0.462. The number of benzene rings is 1. The van der Waals surface area contributed by atoms with Crippen molar-refractivity contribution < 1.29 is 0 Å². The lowest BCUT2D eigenvalue weighted by atomic mass is 10.0. The van der Waals surface area contributed by atoms with E-state index in [0.717, 1.165) is 24.7 Å². The minimum atomic E-state index is 0.157. The van der Waals surface area contributed by atoms with Crippen molar-refractivity contribution in [1.29, 1.82) is 0 Å². The summed E-state index contributed by atoms with van der Waals surface area (Å²) < 4.78 is 0. The van der Waals surface area contributed by atoms with E-state index in [-0.39, 0.29) is 5.54 Å². The van der Waals surface area contributed by atoms with Crippen LogP contribution in [0.5, 0.6) is 0 Å². The van der Waals surface area contributed by atoms with Gasteiger partial charge in [-0.15, -0.1) is 0 Å². The van der Waals surface area contributed by atoms with Gasteiger partial charge < -0.3 is 10.2 Å². The van der Waals surface area contributed by atoms with Crippen molar-refractivity contribution >= 4 is 17.3 Å². The Kier molecular flexibility index (Phi) is 3.41. The van der Waals surface area contributed by atoms with Gasteiger partial charge in [-0.1, -0.05) is 11.6 Å². The number of hydrogen-bond acceptors (Lipinski definition) is 2. The summed E-state index contributed by atoms with van der Waals surface area (Å²) in [6.07, 6.45) is 1.19. The predicted octanol–water partition coefficient (Wildman–Crippen LogP) is 2.92. The average Bonchev–Trinajstić information content (AvgIpc) is 2.41. The molecular formula is C13H19ClN2. The van der Waals surface area contributed by atoms with E-state index >= 15 is 0 Å². The average molecular weight is 239 g/mol. The Hall–Kier alpha value is -0.730. The van der Waals surface area contributed by atoms with Gasteiger partial charge in [0.25, 0.3) is 0 Å². The molecule has 0 unspecified atom stereocenters. The Morgan fingerprint density at radius 1 is 1.25 bits per heavy atom. The topological polar surface area (TPSA) is 15.3 Å². The fourth-order valence-corrected chi connectivity index (χ4v) is 2.38. The van der Waals surface area contributed by atoms with Crippen LogP contribution in [0.3, 0.4) is 0 Å². The fourth-order valence-electron chi connectivity index (χ4n) is 2.25. The van der Waals surface area contributed by atoms with E-state index in [2.05, 4.69) is 36.2 Å². The summed E-state index contributed by atoms with van der Waals surface area (Å²) in [5.41, 5.74) is 1.42. The number of nitrogens with one attached hydrogen (secondary N) is 1. The van der Waals surface area contributed by atoms with Gasteiger partial charge in [0.15, 0.2) is 0 Å². The van der Waals surface area contributed by atoms with Gasteiger partial charge in [-0.25, -0.2) is 0 Å². The predicted molar refractivity (Wildman–Crippen MR) is 70.4 cm³/mol. The van der Waals surface area contributed by atoms with Gasteiger partial charge in [-0.05, 0) is 51.1 Å². The molecule has 1 aliphatic rings. The third kappa shape index (κ3) is 2.50. The van der Waals surface area contributed by atoms with Crippen molar-refractivity contribution in [2.24, 2.45) is 0 Å². The molecular weight excluding hydrogens is 220 g/mol. The molecule has 0 aromatic heterocycles. The Morgan fingerprint density at radius 3 is 2.62 bits per heavy atom. The summed E-state index contributed by atoms with van der Waals surface area (Å²) in [6, 6.07) is 8.14. The van der Waals surface area contributed by atoms with E-state index < -0.39 is 0 Å². The third-order valence-electron chi connectivity index (χ3n) is 3.16. The van der Waals surface area contributed by atoms with Crippen LogP contribution in [-0.2, 0) is 0 Å². The molecule has 1 aromatic rings. The quantitative estimate of drug-likeness (QED) is 0.810. The first kappa shape index (κ1) is 11.7. The molecule has 0 saturated carbocycles. The standard InChI is InChI=1S/C13H19ClN2/c1-13(2)10-15-8-3-9-16(13)12-6-4-11(14)5-7-12/h4-7,15H,3,8-10H2,1-2H3. The van der Waals surface area contributed by atoms with Gasteiger partial charge in [0.1, 0.15) is 0 Å². The molecule has 1 heterocycles. The zero-order valence-corrected chi connectivity index (χ0v) is 10.7. The van der Waals surface area contributed by atoms with Crippen molar-refractivity contribution in [3.05, 3.63) is 29.3 Å². The lowest BCUT2D eigenvalue weighted by Crippen LogP contribution is -2.48. The van der Waals surface area contributed by atoms with Crippen LogP contribution >= 0.6 is 11.6 Å². The van der Waals surface area contributed by atoms with Crippen molar-refractivity contribution in [2.75, 3.05) is 24.5 Å². The maximum Gasteiger partial charge on any atom is 0.0470 e. The molecule has 1 saturated heterocycles. The minimum Gasteiger partial charge on any atom is -0.365 e. The molecule has 1 aliphatic heterocycles. The monoisotopic (exact) mass is 238 g/mol. The Labute approximate surface area is 103 Å². The summed E-state index contributed by atoms with van der Waals surface area (Å²) in [7, 11) is 0. The minimum absolute atomic E-state index is 0.157. The Bertz CT molecular complexity index is 345. The van der Waals surface area contributed by atoms with Crippen LogP contribution in [0.15, 0.2) is 24.3 Å². The molecule has 88 valence electrons. The molecule has 0 spiro atoms. The van der Waals surface area contributed by atoms with E-state index in [4.69, 9.17) is 11.6 Å². The van der Waals surface area contributed by atoms with Crippen LogP contribution in [-0.4, -0.2) is 25.2 Å². The van der Waals surface area contributed by atoms with Crippen LogP contribution in [0.25, 0.3) is 0 Å². The van der Waals surface area contributed by atoms with Gasteiger partial charge in [0.05, 0.1) is 0 Å². The second-order valence-electron chi connectivity index (χ2n) is 4.97. The van der Waals surface area contributed by atoms with Crippen LogP contribution in [0.1, 0.15) is 20.3 Å². The van der Waals surface area contributed by atoms with E-state index in [1.807, 2.05) is 12.1 Å². The summed E-state index contributed by atoms with van der Waals surface area (Å²) in [6.45, 7) is 7.78. The first-order valence-electron chi connectivity index (χ1n) is 5.83. The van der Waals surface area contributed by atoms with E-state index in [1.54, 1.807) is 0 Å². The highest BCUT2D eigenvalue weighted by Crippen LogP contribution is 2.26. The van der Waals surface area contributed by atoms with Crippen LogP contribution < -0.4 is 10.2 Å². The smallest absolute Gasteiger partial charge is 0.0470 e. The van der Waals surface area contributed by atoms with Gasteiger partial charge in [-0.2, -0.15) is 0 Å². The van der Waals surface area contributed by atoms with Crippen molar-refractivity contribution in [2.45, 2.75) is 25.8 Å². The Morgan fingerprint density at radius 2 is 1.94 bits per heavy atom. The zero-order chi connectivity index (χ0) is 11.6. The highest BCUT2D eigenvalue weighted by atomic mass is 35.5. The molecule has 1 fully saturated rings. The second kappa shape index (κ2) is 4.64.